The van der Waals surface area contributed by atoms with E-state index in [0.29, 0.717) is 5.92 Å². The smallest absolute Gasteiger partial charge is 0.219 e. The second-order valence-electron chi connectivity index (χ2n) is 8.98. The molecule has 1 amide bonds. The maximum Gasteiger partial charge on any atom is 0.219 e. The van der Waals surface area contributed by atoms with Crippen molar-refractivity contribution in [3.63, 3.8) is 0 Å². The number of ether oxygens (including phenoxy) is 1. The number of rotatable bonds is 7. The van der Waals surface area contributed by atoms with Gasteiger partial charge in [0.2, 0.25) is 5.91 Å². The molecule has 1 saturated carbocycles. The molecule has 160 valence electrons. The third kappa shape index (κ3) is 4.97. The minimum absolute atomic E-state index is 0.0986. The maximum absolute atomic E-state index is 11.6. The average Bonchev–Trinajstić information content (AvgIpc) is 3.62. The fourth-order valence-corrected chi connectivity index (χ4v) is 4.27. The Labute approximate surface area is 180 Å². The normalized spacial score (nSPS) is 18.2. The number of hydrogen-bond acceptors (Lipinski definition) is 3. The molecular weight excluding hydrogens is 372 g/mol. The van der Waals surface area contributed by atoms with Crippen LogP contribution < -0.4 is 9.64 Å². The Kier molecular flexibility index (Phi) is 6.31. The van der Waals surface area contributed by atoms with Gasteiger partial charge in [0.05, 0.1) is 12.6 Å². The molecule has 2 aromatic rings. The number of hydrogen-bond donors (Lipinski definition) is 0. The van der Waals surface area contributed by atoms with Crippen LogP contribution in [0.15, 0.2) is 48.5 Å². The van der Waals surface area contributed by atoms with Gasteiger partial charge >= 0.3 is 0 Å². The zero-order valence-corrected chi connectivity index (χ0v) is 18.5. The average molecular weight is 407 g/mol. The van der Waals surface area contributed by atoms with Gasteiger partial charge in [-0.1, -0.05) is 24.3 Å². The molecule has 0 radical (unpaired) electrons. The summed E-state index contributed by atoms with van der Waals surface area (Å²) in [7, 11) is 1.86. The van der Waals surface area contributed by atoms with Crippen molar-refractivity contribution in [1.82, 2.24) is 4.90 Å². The molecular formula is C26H34N2O2. The number of piperidine rings is 1. The largest absolute Gasteiger partial charge is 0.493 e. The summed E-state index contributed by atoms with van der Waals surface area (Å²) in [5.74, 6) is 2.49. The minimum atomic E-state index is 0.0986. The third-order valence-corrected chi connectivity index (χ3v) is 6.85. The molecule has 0 unspecified atom stereocenters. The Morgan fingerprint density at radius 1 is 1.03 bits per heavy atom. The molecule has 1 heterocycles. The minimum Gasteiger partial charge on any atom is -0.493 e. The second-order valence-corrected chi connectivity index (χ2v) is 8.98. The van der Waals surface area contributed by atoms with Crippen molar-refractivity contribution in [2.24, 2.45) is 5.92 Å². The first-order valence-electron chi connectivity index (χ1n) is 11.3. The molecule has 1 aliphatic carbocycles. The Bertz CT molecular complexity index is 834. The van der Waals surface area contributed by atoms with Crippen molar-refractivity contribution < 1.29 is 9.53 Å². The standard InChI is InChI=1S/C26H34N2O2/c1-19(27(3)20(2)29)22-6-8-23(9-7-22)24-14-16-28(17-15-24)25-10-12-26(13-11-25)30-18-21-4-5-21/h6-13,19,21,24H,4-5,14-18H2,1-3H3/t19-/m0/s1. The van der Waals surface area contributed by atoms with Gasteiger partial charge in [-0.15, -0.1) is 0 Å². The number of amides is 1. The van der Waals surface area contributed by atoms with Crippen LogP contribution in [0.2, 0.25) is 0 Å². The van der Waals surface area contributed by atoms with E-state index in [9.17, 15) is 4.79 Å². The van der Waals surface area contributed by atoms with Gasteiger partial charge in [-0.05, 0) is 79.8 Å². The third-order valence-electron chi connectivity index (χ3n) is 6.85. The monoisotopic (exact) mass is 406 g/mol. The molecule has 30 heavy (non-hydrogen) atoms. The van der Waals surface area contributed by atoms with Gasteiger partial charge in [0, 0.05) is 32.7 Å². The van der Waals surface area contributed by atoms with E-state index in [-0.39, 0.29) is 11.9 Å². The van der Waals surface area contributed by atoms with Gasteiger partial charge in [-0.3, -0.25) is 4.79 Å². The highest BCUT2D eigenvalue weighted by atomic mass is 16.5. The van der Waals surface area contributed by atoms with E-state index in [0.717, 1.165) is 31.4 Å². The van der Waals surface area contributed by atoms with Crippen molar-refractivity contribution in [3.05, 3.63) is 59.7 Å². The Morgan fingerprint density at radius 2 is 1.67 bits per heavy atom. The van der Waals surface area contributed by atoms with Gasteiger partial charge in [0.1, 0.15) is 5.75 Å². The molecule has 2 fully saturated rings. The Morgan fingerprint density at radius 3 is 2.23 bits per heavy atom. The first-order valence-corrected chi connectivity index (χ1v) is 11.3. The van der Waals surface area contributed by atoms with Gasteiger partial charge in [0.25, 0.3) is 0 Å². The molecule has 1 saturated heterocycles. The molecule has 4 rings (SSSR count). The number of benzene rings is 2. The fraction of sp³-hybridized carbons (Fsp3) is 0.500. The lowest BCUT2D eigenvalue weighted by atomic mass is 9.88. The van der Waals surface area contributed by atoms with Crippen molar-refractivity contribution in [1.29, 1.82) is 0 Å². The Hall–Kier alpha value is -2.49. The first kappa shape index (κ1) is 20.8. The van der Waals surface area contributed by atoms with Gasteiger partial charge in [-0.2, -0.15) is 0 Å². The van der Waals surface area contributed by atoms with Crippen LogP contribution in [0.1, 0.15) is 62.6 Å². The van der Waals surface area contributed by atoms with Crippen LogP contribution >= 0.6 is 0 Å². The number of anilines is 1. The predicted octanol–water partition coefficient (Wildman–Crippen LogP) is 5.40. The summed E-state index contributed by atoms with van der Waals surface area (Å²) in [6.45, 7) is 6.73. The molecule has 1 atom stereocenters. The lowest BCUT2D eigenvalue weighted by molar-refractivity contribution is -0.129. The van der Waals surface area contributed by atoms with E-state index >= 15 is 0 Å². The molecule has 0 N–H and O–H groups in total. The zero-order chi connectivity index (χ0) is 21.1. The highest BCUT2D eigenvalue weighted by Gasteiger charge is 2.23. The van der Waals surface area contributed by atoms with Crippen LogP contribution in [0.3, 0.4) is 0 Å². The quantitative estimate of drug-likeness (QED) is 0.617. The Balaban J connectivity index is 1.30. The van der Waals surface area contributed by atoms with E-state index in [1.54, 1.807) is 11.8 Å². The van der Waals surface area contributed by atoms with Crippen molar-refractivity contribution >= 4 is 11.6 Å². The van der Waals surface area contributed by atoms with Crippen LogP contribution in [0.4, 0.5) is 5.69 Å². The van der Waals surface area contributed by atoms with E-state index in [2.05, 4.69) is 60.4 Å². The van der Waals surface area contributed by atoms with Crippen LogP contribution in [0.5, 0.6) is 5.75 Å². The fourth-order valence-electron chi connectivity index (χ4n) is 4.27. The number of carbonyl (C=O) groups excluding carboxylic acids is 1. The molecule has 0 bridgehead atoms. The summed E-state index contributed by atoms with van der Waals surface area (Å²) in [5.41, 5.74) is 3.90. The number of carbonyl (C=O) groups is 1. The van der Waals surface area contributed by atoms with Crippen molar-refractivity contribution in [2.45, 2.75) is 51.5 Å². The van der Waals surface area contributed by atoms with Crippen LogP contribution in [-0.2, 0) is 4.79 Å². The first-order chi connectivity index (χ1) is 14.5. The topological polar surface area (TPSA) is 32.8 Å². The summed E-state index contributed by atoms with van der Waals surface area (Å²) in [6, 6.07) is 17.6. The zero-order valence-electron chi connectivity index (χ0n) is 18.5. The van der Waals surface area contributed by atoms with E-state index in [1.807, 2.05) is 7.05 Å². The predicted molar refractivity (Wildman–Crippen MR) is 122 cm³/mol. The van der Waals surface area contributed by atoms with Gasteiger partial charge < -0.3 is 14.5 Å². The molecule has 4 heteroatoms. The molecule has 0 spiro atoms. The second kappa shape index (κ2) is 9.11. The summed E-state index contributed by atoms with van der Waals surface area (Å²) < 4.78 is 5.86. The highest BCUT2D eigenvalue weighted by Crippen LogP contribution is 2.33. The SMILES string of the molecule is CC(=O)N(C)[C@@H](C)c1ccc(C2CCN(c3ccc(OCC4CC4)cc3)CC2)cc1. The van der Waals surface area contributed by atoms with E-state index in [1.165, 1.54) is 42.5 Å². The lowest BCUT2D eigenvalue weighted by Crippen LogP contribution is -2.32. The lowest BCUT2D eigenvalue weighted by Gasteiger charge is -2.34. The molecule has 2 aliphatic rings. The van der Waals surface area contributed by atoms with Gasteiger partial charge in [-0.25, -0.2) is 0 Å². The van der Waals surface area contributed by atoms with Crippen LogP contribution in [0, 0.1) is 5.92 Å². The highest BCUT2D eigenvalue weighted by molar-refractivity contribution is 5.73. The summed E-state index contributed by atoms with van der Waals surface area (Å²) in [5, 5.41) is 0. The number of nitrogens with zero attached hydrogens (tertiary/aromatic N) is 2. The van der Waals surface area contributed by atoms with Crippen molar-refractivity contribution in [3.8, 4) is 5.75 Å². The van der Waals surface area contributed by atoms with Crippen LogP contribution in [-0.4, -0.2) is 37.6 Å². The molecule has 1 aliphatic heterocycles. The van der Waals surface area contributed by atoms with Gasteiger partial charge in [0.15, 0.2) is 0 Å². The molecule has 2 aromatic carbocycles. The van der Waals surface area contributed by atoms with E-state index < -0.39 is 0 Å². The van der Waals surface area contributed by atoms with Crippen LogP contribution in [0.25, 0.3) is 0 Å². The summed E-state index contributed by atoms with van der Waals surface area (Å²) in [6.07, 6.45) is 4.98. The summed E-state index contributed by atoms with van der Waals surface area (Å²) in [4.78, 5) is 15.9. The molecule has 0 aromatic heterocycles. The van der Waals surface area contributed by atoms with Crippen molar-refractivity contribution in [2.75, 3.05) is 31.6 Å². The summed E-state index contributed by atoms with van der Waals surface area (Å²) >= 11 is 0. The maximum atomic E-state index is 11.6. The van der Waals surface area contributed by atoms with E-state index in [4.69, 9.17) is 4.74 Å². The molecule has 4 nitrogen and oxygen atoms in total.